The van der Waals surface area contributed by atoms with Gasteiger partial charge in [-0.3, -0.25) is 0 Å². The summed E-state index contributed by atoms with van der Waals surface area (Å²) >= 11 is 0. The molecule has 0 aromatic rings. The maximum atomic E-state index is 12.7. The summed E-state index contributed by atoms with van der Waals surface area (Å²) in [7, 11) is 0. The highest BCUT2D eigenvalue weighted by Gasteiger charge is 2.77. The lowest BCUT2D eigenvalue weighted by atomic mass is 9.81. The van der Waals surface area contributed by atoms with Crippen LogP contribution in [-0.2, 0) is 0 Å². The van der Waals surface area contributed by atoms with Gasteiger partial charge in [0.25, 0.3) is 11.2 Å². The van der Waals surface area contributed by atoms with Gasteiger partial charge >= 0.3 is 24.7 Å². The first-order chi connectivity index (χ1) is 10.7. The van der Waals surface area contributed by atoms with Crippen molar-refractivity contribution >= 4 is 0 Å². The molecule has 146 valence electrons. The Labute approximate surface area is 130 Å². The molecule has 1 rings (SSSR count). The Hall–Kier alpha value is -1.44. The Morgan fingerprint density at radius 3 is 1.20 bits per heavy atom. The summed E-state index contributed by atoms with van der Waals surface area (Å²) in [4.78, 5) is 0. The first-order valence-electron chi connectivity index (χ1n) is 5.85. The van der Waals surface area contributed by atoms with Crippen molar-refractivity contribution in [3.63, 3.8) is 0 Å². The summed E-state index contributed by atoms with van der Waals surface area (Å²) in [6.45, 7) is 0. The number of hydrogen-bond donors (Lipinski definition) is 2. The second kappa shape index (κ2) is 5.53. The summed E-state index contributed by atoms with van der Waals surface area (Å²) < 4.78 is 153. The molecular weight excluding hydrogens is 392 g/mol. The van der Waals surface area contributed by atoms with Crippen molar-refractivity contribution in [2.45, 2.75) is 42.3 Å². The van der Waals surface area contributed by atoms with E-state index in [0.29, 0.717) is 0 Å². The van der Waals surface area contributed by atoms with Crippen molar-refractivity contribution in [3.8, 4) is 0 Å². The van der Waals surface area contributed by atoms with Gasteiger partial charge in [-0.15, -0.1) is 0 Å². The van der Waals surface area contributed by atoms with E-state index >= 15 is 0 Å². The van der Waals surface area contributed by atoms with Crippen molar-refractivity contribution < 1.29 is 62.9 Å². The molecule has 1 aliphatic carbocycles. The van der Waals surface area contributed by atoms with E-state index in [1.807, 2.05) is 0 Å². The molecule has 0 aromatic heterocycles. The highest BCUT2D eigenvalue weighted by molar-refractivity contribution is 5.48. The number of hydrogen-bond acceptors (Lipinski definition) is 2. The van der Waals surface area contributed by atoms with E-state index in [0.717, 1.165) is 0 Å². The van der Waals surface area contributed by atoms with Gasteiger partial charge in [0.1, 0.15) is 0 Å². The first-order valence-corrected chi connectivity index (χ1v) is 5.85. The van der Waals surface area contributed by atoms with Crippen molar-refractivity contribution in [1.82, 2.24) is 0 Å². The maximum absolute atomic E-state index is 12.7. The van der Waals surface area contributed by atoms with Gasteiger partial charge < -0.3 is 10.2 Å². The Morgan fingerprint density at radius 2 is 0.920 bits per heavy atom. The third kappa shape index (κ3) is 2.98. The molecule has 0 saturated heterocycles. The predicted molar refractivity (Wildman–Crippen MR) is 54.9 cm³/mol. The van der Waals surface area contributed by atoms with Crippen LogP contribution in [0.4, 0.5) is 52.7 Å². The van der Waals surface area contributed by atoms with E-state index in [9.17, 15) is 52.7 Å². The van der Waals surface area contributed by atoms with Gasteiger partial charge in [0, 0.05) is 5.57 Å². The number of halogens is 12. The van der Waals surface area contributed by atoms with Crippen LogP contribution >= 0.6 is 0 Å². The van der Waals surface area contributed by atoms with Crippen LogP contribution in [0.2, 0.25) is 0 Å². The molecule has 0 heterocycles. The summed E-state index contributed by atoms with van der Waals surface area (Å²) in [5, 5.41) is 18.1. The summed E-state index contributed by atoms with van der Waals surface area (Å²) in [5.74, 6) is 0. The minimum Gasteiger partial charge on any atom is -0.370 e. The molecule has 2 N–H and O–H groups in total. The molecule has 1 aliphatic rings. The molecule has 0 amide bonds. The largest absolute Gasteiger partial charge is 0.430 e. The fourth-order valence-corrected chi connectivity index (χ4v) is 2.16. The standard InChI is InChI=1S/C11H6F12O2/c12-8(13,14)6(24,9(15,16)17)4-2-1-3-5(4)7(25,10(18,19)20)11(21,22)23/h1-2,24-25H,3H2. The number of rotatable bonds is 2. The molecule has 25 heavy (non-hydrogen) atoms. The van der Waals surface area contributed by atoms with E-state index in [1.54, 1.807) is 0 Å². The molecule has 14 heteroatoms. The van der Waals surface area contributed by atoms with E-state index in [-0.39, 0.29) is 6.08 Å². The van der Waals surface area contributed by atoms with Gasteiger partial charge in [-0.05, 0) is 12.0 Å². The molecule has 0 unspecified atom stereocenters. The molecule has 0 spiro atoms. The van der Waals surface area contributed by atoms with Gasteiger partial charge in [0.05, 0.1) is 0 Å². The Bertz CT molecular complexity index is 558. The zero-order valence-electron chi connectivity index (χ0n) is 11.3. The Balaban J connectivity index is 3.91. The van der Waals surface area contributed by atoms with E-state index < -0.39 is 59.6 Å². The predicted octanol–water partition coefficient (Wildman–Crippen LogP) is 3.95. The topological polar surface area (TPSA) is 40.5 Å². The lowest BCUT2D eigenvalue weighted by Gasteiger charge is -2.38. The SMILES string of the molecule is OC(C1=C(C(O)(C(F)(F)F)C(F)(F)F)CC=C1)(C(F)(F)F)C(F)(F)F. The molecule has 0 saturated carbocycles. The molecule has 0 radical (unpaired) electrons. The van der Waals surface area contributed by atoms with Crippen molar-refractivity contribution in [2.24, 2.45) is 0 Å². The minimum atomic E-state index is -6.72. The normalized spacial score (nSPS) is 18.3. The fraction of sp³-hybridized carbons (Fsp3) is 0.636. The van der Waals surface area contributed by atoms with Gasteiger partial charge in [0.2, 0.25) is 0 Å². The van der Waals surface area contributed by atoms with E-state index in [4.69, 9.17) is 10.2 Å². The molecule has 0 atom stereocenters. The molecular formula is C11H6F12O2. The van der Waals surface area contributed by atoms with Gasteiger partial charge in [-0.25, -0.2) is 0 Å². The smallest absolute Gasteiger partial charge is 0.370 e. The third-order valence-electron chi connectivity index (χ3n) is 3.40. The summed E-state index contributed by atoms with van der Waals surface area (Å²) in [6.07, 6.45) is -28.9. The first kappa shape index (κ1) is 21.6. The highest BCUT2D eigenvalue weighted by Crippen LogP contribution is 2.56. The molecule has 0 fully saturated rings. The maximum Gasteiger partial charge on any atom is 0.430 e. The zero-order valence-corrected chi connectivity index (χ0v) is 11.3. The van der Waals surface area contributed by atoms with E-state index in [2.05, 4.69) is 0 Å². The fourth-order valence-electron chi connectivity index (χ4n) is 2.16. The lowest BCUT2D eigenvalue weighted by molar-refractivity contribution is -0.361. The second-order valence-electron chi connectivity index (χ2n) is 4.91. The van der Waals surface area contributed by atoms with Crippen LogP contribution in [0, 0.1) is 0 Å². The highest BCUT2D eigenvalue weighted by atomic mass is 19.4. The Morgan fingerprint density at radius 1 is 0.600 bits per heavy atom. The van der Waals surface area contributed by atoms with Crippen LogP contribution in [0.5, 0.6) is 0 Å². The van der Waals surface area contributed by atoms with Crippen LogP contribution in [-0.4, -0.2) is 46.1 Å². The molecule has 0 aliphatic heterocycles. The molecule has 0 bridgehead atoms. The minimum absolute atomic E-state index is 0.0928. The van der Waals surface area contributed by atoms with Crippen molar-refractivity contribution in [1.29, 1.82) is 0 Å². The average molecular weight is 398 g/mol. The van der Waals surface area contributed by atoms with E-state index in [1.165, 1.54) is 0 Å². The summed E-state index contributed by atoms with van der Waals surface area (Å²) in [6, 6.07) is 0. The van der Waals surface area contributed by atoms with Crippen LogP contribution in [0.3, 0.4) is 0 Å². The average Bonchev–Trinajstić information content (AvgIpc) is 2.80. The van der Waals surface area contributed by atoms with Crippen LogP contribution in [0.15, 0.2) is 23.3 Å². The number of alkyl halides is 12. The monoisotopic (exact) mass is 398 g/mol. The summed E-state index contributed by atoms with van der Waals surface area (Å²) in [5.41, 5.74) is -17.6. The number of allylic oxidation sites excluding steroid dienone is 1. The third-order valence-corrected chi connectivity index (χ3v) is 3.40. The molecule has 2 nitrogen and oxygen atoms in total. The molecule has 0 aromatic carbocycles. The number of aliphatic hydroxyl groups is 2. The van der Waals surface area contributed by atoms with Gasteiger partial charge in [0.15, 0.2) is 0 Å². The van der Waals surface area contributed by atoms with Crippen molar-refractivity contribution in [2.75, 3.05) is 0 Å². The lowest BCUT2D eigenvalue weighted by Crippen LogP contribution is -2.62. The zero-order chi connectivity index (χ0) is 20.3. The Kier molecular flexibility index (Phi) is 4.78. The van der Waals surface area contributed by atoms with Gasteiger partial charge in [-0.2, -0.15) is 52.7 Å². The van der Waals surface area contributed by atoms with Crippen LogP contribution < -0.4 is 0 Å². The van der Waals surface area contributed by atoms with Crippen molar-refractivity contribution in [3.05, 3.63) is 23.3 Å². The quantitative estimate of drug-likeness (QED) is 0.692. The van der Waals surface area contributed by atoms with Crippen LogP contribution in [0.1, 0.15) is 6.42 Å². The second-order valence-corrected chi connectivity index (χ2v) is 4.91. The van der Waals surface area contributed by atoms with Crippen LogP contribution in [0.25, 0.3) is 0 Å². The van der Waals surface area contributed by atoms with Gasteiger partial charge in [-0.1, -0.05) is 12.2 Å².